The average molecular weight is 254 g/mol. The van der Waals surface area contributed by atoms with Crippen molar-refractivity contribution in [1.29, 1.82) is 0 Å². The molecule has 1 amide bonds. The number of nitrogens with zero attached hydrogens (tertiary/aromatic N) is 1. The van der Waals surface area contributed by atoms with Gasteiger partial charge in [0.1, 0.15) is 0 Å². The zero-order valence-corrected chi connectivity index (χ0v) is 12.4. The van der Waals surface area contributed by atoms with E-state index in [1.807, 2.05) is 0 Å². The fourth-order valence-electron chi connectivity index (χ4n) is 2.40. The Bertz CT molecular complexity index is 235. The van der Waals surface area contributed by atoms with Crippen LogP contribution in [0.25, 0.3) is 0 Å². The van der Waals surface area contributed by atoms with E-state index in [9.17, 15) is 4.79 Å². The molecule has 1 aliphatic rings. The average Bonchev–Trinajstić information content (AvgIpc) is 2.35. The second-order valence-electron chi connectivity index (χ2n) is 6.09. The van der Waals surface area contributed by atoms with Crippen LogP contribution in [0.1, 0.15) is 59.3 Å². The number of amides is 1. The minimum atomic E-state index is 0.217. The largest absolute Gasteiger partial charge is 0.354 e. The molecule has 0 aromatic carbocycles. The number of likely N-dealkylation sites (tertiary alicyclic amines) is 1. The third-order valence-electron chi connectivity index (χ3n) is 3.68. The van der Waals surface area contributed by atoms with Crippen LogP contribution in [0.15, 0.2) is 0 Å². The lowest BCUT2D eigenvalue weighted by atomic mass is 10.1. The van der Waals surface area contributed by atoms with E-state index in [1.165, 1.54) is 32.4 Å². The Balaban J connectivity index is 2.08. The molecule has 1 rings (SSSR count). The van der Waals surface area contributed by atoms with Crippen molar-refractivity contribution in [3.05, 3.63) is 0 Å². The molecule has 1 heterocycles. The number of hydrogen-bond acceptors (Lipinski definition) is 2. The van der Waals surface area contributed by atoms with E-state index in [0.717, 1.165) is 19.4 Å². The summed E-state index contributed by atoms with van der Waals surface area (Å²) in [5.41, 5.74) is 0. The molecule has 3 heteroatoms. The monoisotopic (exact) mass is 254 g/mol. The van der Waals surface area contributed by atoms with E-state index in [1.54, 1.807) is 0 Å². The van der Waals surface area contributed by atoms with Gasteiger partial charge in [0.05, 0.1) is 0 Å². The molecule has 0 aromatic rings. The molecule has 1 unspecified atom stereocenters. The van der Waals surface area contributed by atoms with Crippen molar-refractivity contribution in [1.82, 2.24) is 10.2 Å². The first-order valence-electron chi connectivity index (χ1n) is 7.59. The van der Waals surface area contributed by atoms with Gasteiger partial charge in [-0.1, -0.05) is 20.3 Å². The van der Waals surface area contributed by atoms with Crippen LogP contribution in [-0.4, -0.2) is 36.5 Å². The minimum Gasteiger partial charge on any atom is -0.354 e. The first kappa shape index (κ1) is 15.5. The number of piperidine rings is 1. The lowest BCUT2D eigenvalue weighted by Gasteiger charge is -2.27. The summed E-state index contributed by atoms with van der Waals surface area (Å²) in [7, 11) is 0. The van der Waals surface area contributed by atoms with E-state index in [-0.39, 0.29) is 5.91 Å². The first-order chi connectivity index (χ1) is 8.58. The lowest BCUT2D eigenvalue weighted by molar-refractivity contribution is -0.122. The normalized spacial score (nSPS) is 18.9. The van der Waals surface area contributed by atoms with Gasteiger partial charge in [0.15, 0.2) is 0 Å². The molecule has 0 radical (unpaired) electrons. The maximum Gasteiger partial charge on any atom is 0.220 e. The molecule has 0 spiro atoms. The molecule has 1 saturated heterocycles. The van der Waals surface area contributed by atoms with Gasteiger partial charge in [-0.15, -0.1) is 0 Å². The van der Waals surface area contributed by atoms with Gasteiger partial charge in [0.25, 0.3) is 0 Å². The standard InChI is InChI=1S/C15H30N2O/c1-13(2)7-8-15(18)16-14(3)9-12-17-10-5-4-6-11-17/h13-14H,4-12H2,1-3H3,(H,16,18). The Morgan fingerprint density at radius 1 is 1.11 bits per heavy atom. The molecule has 0 bridgehead atoms. The number of nitrogens with one attached hydrogen (secondary N) is 1. The molecule has 1 N–H and O–H groups in total. The Hall–Kier alpha value is -0.570. The van der Waals surface area contributed by atoms with Crippen LogP contribution in [0.5, 0.6) is 0 Å². The molecule has 0 aliphatic carbocycles. The molecular formula is C15H30N2O. The third kappa shape index (κ3) is 7.00. The lowest BCUT2D eigenvalue weighted by Crippen LogP contribution is -2.37. The van der Waals surface area contributed by atoms with Crippen molar-refractivity contribution >= 4 is 5.91 Å². The Morgan fingerprint density at radius 3 is 2.39 bits per heavy atom. The van der Waals surface area contributed by atoms with Crippen molar-refractivity contribution in [3.8, 4) is 0 Å². The Morgan fingerprint density at radius 2 is 1.78 bits per heavy atom. The second kappa shape index (κ2) is 8.52. The Kier molecular flexibility index (Phi) is 7.33. The summed E-state index contributed by atoms with van der Waals surface area (Å²) >= 11 is 0. The fourth-order valence-corrected chi connectivity index (χ4v) is 2.40. The number of rotatable bonds is 7. The zero-order valence-electron chi connectivity index (χ0n) is 12.4. The number of hydrogen-bond donors (Lipinski definition) is 1. The molecule has 0 aromatic heterocycles. The van der Waals surface area contributed by atoms with Crippen LogP contribution in [-0.2, 0) is 4.79 Å². The van der Waals surface area contributed by atoms with E-state index in [4.69, 9.17) is 0 Å². The molecule has 18 heavy (non-hydrogen) atoms. The maximum absolute atomic E-state index is 11.7. The molecule has 1 atom stereocenters. The van der Waals surface area contributed by atoms with Crippen molar-refractivity contribution < 1.29 is 4.79 Å². The van der Waals surface area contributed by atoms with E-state index >= 15 is 0 Å². The Labute approximate surface area is 112 Å². The van der Waals surface area contributed by atoms with Gasteiger partial charge >= 0.3 is 0 Å². The van der Waals surface area contributed by atoms with Crippen LogP contribution in [0.4, 0.5) is 0 Å². The summed E-state index contributed by atoms with van der Waals surface area (Å²) < 4.78 is 0. The van der Waals surface area contributed by atoms with Gasteiger partial charge in [-0.3, -0.25) is 4.79 Å². The van der Waals surface area contributed by atoms with Crippen molar-refractivity contribution in [2.45, 2.75) is 65.3 Å². The molecule has 1 aliphatic heterocycles. The number of carbonyl (C=O) groups is 1. The summed E-state index contributed by atoms with van der Waals surface area (Å²) in [6, 6.07) is 0.312. The zero-order chi connectivity index (χ0) is 13.4. The second-order valence-corrected chi connectivity index (χ2v) is 6.09. The first-order valence-corrected chi connectivity index (χ1v) is 7.59. The molecule has 0 saturated carbocycles. The quantitative estimate of drug-likeness (QED) is 0.757. The summed E-state index contributed by atoms with van der Waals surface area (Å²) in [6.07, 6.45) is 6.81. The smallest absolute Gasteiger partial charge is 0.220 e. The molecule has 3 nitrogen and oxygen atoms in total. The predicted molar refractivity (Wildman–Crippen MR) is 76.6 cm³/mol. The third-order valence-corrected chi connectivity index (χ3v) is 3.68. The van der Waals surface area contributed by atoms with Crippen LogP contribution < -0.4 is 5.32 Å². The van der Waals surface area contributed by atoms with E-state index in [0.29, 0.717) is 18.4 Å². The van der Waals surface area contributed by atoms with Gasteiger partial charge in [-0.2, -0.15) is 0 Å². The van der Waals surface area contributed by atoms with Crippen molar-refractivity contribution in [2.75, 3.05) is 19.6 Å². The summed E-state index contributed by atoms with van der Waals surface area (Å²) in [4.78, 5) is 14.2. The topological polar surface area (TPSA) is 32.3 Å². The molecule has 106 valence electrons. The van der Waals surface area contributed by atoms with Crippen LogP contribution in [0, 0.1) is 5.92 Å². The maximum atomic E-state index is 11.7. The van der Waals surface area contributed by atoms with Gasteiger partial charge in [-0.05, 0) is 51.6 Å². The minimum absolute atomic E-state index is 0.217. The van der Waals surface area contributed by atoms with Gasteiger partial charge < -0.3 is 10.2 Å². The molecule has 1 fully saturated rings. The van der Waals surface area contributed by atoms with Gasteiger partial charge in [0, 0.05) is 19.0 Å². The highest BCUT2D eigenvalue weighted by Gasteiger charge is 2.12. The van der Waals surface area contributed by atoms with Gasteiger partial charge in [-0.25, -0.2) is 0 Å². The van der Waals surface area contributed by atoms with E-state index in [2.05, 4.69) is 31.0 Å². The van der Waals surface area contributed by atoms with Crippen LogP contribution in [0.3, 0.4) is 0 Å². The summed E-state index contributed by atoms with van der Waals surface area (Å²) in [5.74, 6) is 0.828. The summed E-state index contributed by atoms with van der Waals surface area (Å²) in [6.45, 7) is 10.1. The highest BCUT2D eigenvalue weighted by molar-refractivity contribution is 5.76. The van der Waals surface area contributed by atoms with Crippen LogP contribution in [0.2, 0.25) is 0 Å². The van der Waals surface area contributed by atoms with E-state index < -0.39 is 0 Å². The number of carbonyl (C=O) groups excluding carboxylic acids is 1. The predicted octanol–water partition coefficient (Wildman–Crippen LogP) is 2.80. The summed E-state index contributed by atoms with van der Waals surface area (Å²) in [5, 5.41) is 3.11. The van der Waals surface area contributed by atoms with Gasteiger partial charge in [0.2, 0.25) is 5.91 Å². The van der Waals surface area contributed by atoms with Crippen molar-refractivity contribution in [3.63, 3.8) is 0 Å². The molecular weight excluding hydrogens is 224 g/mol. The fraction of sp³-hybridized carbons (Fsp3) is 0.933. The van der Waals surface area contributed by atoms with Crippen LogP contribution >= 0.6 is 0 Å². The highest BCUT2D eigenvalue weighted by Crippen LogP contribution is 2.09. The highest BCUT2D eigenvalue weighted by atomic mass is 16.1. The van der Waals surface area contributed by atoms with Crippen molar-refractivity contribution in [2.24, 2.45) is 5.92 Å². The SMILES string of the molecule is CC(C)CCC(=O)NC(C)CCN1CCCCC1.